The van der Waals surface area contributed by atoms with Gasteiger partial charge in [0.1, 0.15) is 0 Å². The van der Waals surface area contributed by atoms with Gasteiger partial charge in [0.05, 0.1) is 11.7 Å². The maximum Gasteiger partial charge on any atom is 0.276 e. The molecule has 6 heteroatoms. The Kier molecular flexibility index (Phi) is 4.76. The van der Waals surface area contributed by atoms with E-state index in [0.717, 1.165) is 51.1 Å². The molecule has 0 spiro atoms. The summed E-state index contributed by atoms with van der Waals surface area (Å²) in [7, 11) is 0. The van der Waals surface area contributed by atoms with E-state index < -0.39 is 0 Å². The number of piperidine rings is 1. The molecule has 1 aromatic heterocycles. The van der Waals surface area contributed by atoms with Crippen LogP contribution < -0.4 is 5.32 Å². The maximum absolute atomic E-state index is 12.8. The SMILES string of the molecule is CCCN(CC1CC1)C(=O)c1nnn(C2CCNCC2)c1C. The lowest BCUT2D eigenvalue weighted by Gasteiger charge is -2.24. The molecule has 0 unspecified atom stereocenters. The minimum atomic E-state index is 0.0615. The molecule has 1 aliphatic carbocycles. The number of nitrogens with one attached hydrogen (secondary N) is 1. The number of rotatable bonds is 6. The molecule has 1 aliphatic heterocycles. The molecule has 2 heterocycles. The van der Waals surface area contributed by atoms with Crippen molar-refractivity contribution in [2.24, 2.45) is 5.92 Å². The van der Waals surface area contributed by atoms with Crippen LogP contribution in [0, 0.1) is 12.8 Å². The van der Waals surface area contributed by atoms with Crippen molar-refractivity contribution in [2.75, 3.05) is 26.2 Å². The fourth-order valence-electron chi connectivity index (χ4n) is 3.24. The van der Waals surface area contributed by atoms with Crippen molar-refractivity contribution >= 4 is 5.91 Å². The zero-order chi connectivity index (χ0) is 15.5. The second kappa shape index (κ2) is 6.77. The lowest BCUT2D eigenvalue weighted by Crippen LogP contribution is -2.34. The third kappa shape index (κ3) is 3.32. The molecule has 0 bridgehead atoms. The van der Waals surface area contributed by atoms with Gasteiger partial charge in [0.15, 0.2) is 5.69 Å². The number of nitrogens with zero attached hydrogens (tertiary/aromatic N) is 4. The van der Waals surface area contributed by atoms with Crippen molar-refractivity contribution in [3.63, 3.8) is 0 Å². The molecule has 0 aromatic carbocycles. The van der Waals surface area contributed by atoms with E-state index in [-0.39, 0.29) is 5.91 Å². The lowest BCUT2D eigenvalue weighted by molar-refractivity contribution is 0.0741. The van der Waals surface area contributed by atoms with Gasteiger partial charge in [-0.2, -0.15) is 0 Å². The van der Waals surface area contributed by atoms with Gasteiger partial charge in [-0.15, -0.1) is 5.10 Å². The van der Waals surface area contributed by atoms with Gasteiger partial charge >= 0.3 is 0 Å². The first-order chi connectivity index (χ1) is 10.7. The van der Waals surface area contributed by atoms with Gasteiger partial charge < -0.3 is 10.2 Å². The van der Waals surface area contributed by atoms with Crippen molar-refractivity contribution < 1.29 is 4.79 Å². The van der Waals surface area contributed by atoms with E-state index in [4.69, 9.17) is 0 Å². The second-order valence-corrected chi connectivity index (χ2v) is 6.64. The van der Waals surface area contributed by atoms with E-state index in [0.29, 0.717) is 17.7 Å². The Morgan fingerprint density at radius 2 is 2.05 bits per heavy atom. The van der Waals surface area contributed by atoms with Crippen LogP contribution in [0.2, 0.25) is 0 Å². The normalized spacial score (nSPS) is 19.4. The zero-order valence-electron chi connectivity index (χ0n) is 13.7. The number of aromatic nitrogens is 3. The van der Waals surface area contributed by atoms with E-state index >= 15 is 0 Å². The summed E-state index contributed by atoms with van der Waals surface area (Å²) < 4.78 is 1.97. The highest BCUT2D eigenvalue weighted by Crippen LogP contribution is 2.30. The number of hydrogen-bond acceptors (Lipinski definition) is 4. The molecular formula is C16H27N5O. The van der Waals surface area contributed by atoms with Crippen LogP contribution in [0.25, 0.3) is 0 Å². The molecule has 0 radical (unpaired) electrons. The molecule has 1 amide bonds. The smallest absolute Gasteiger partial charge is 0.276 e. The van der Waals surface area contributed by atoms with E-state index in [2.05, 4.69) is 22.6 Å². The summed E-state index contributed by atoms with van der Waals surface area (Å²) in [6.07, 6.45) is 5.61. The first-order valence-electron chi connectivity index (χ1n) is 8.62. The van der Waals surface area contributed by atoms with E-state index in [1.165, 1.54) is 12.8 Å². The second-order valence-electron chi connectivity index (χ2n) is 6.64. The Morgan fingerprint density at radius 1 is 1.32 bits per heavy atom. The number of carbonyl (C=O) groups excluding carboxylic acids is 1. The lowest BCUT2D eigenvalue weighted by atomic mass is 10.1. The van der Waals surface area contributed by atoms with Crippen molar-refractivity contribution in [2.45, 2.75) is 52.0 Å². The summed E-state index contributed by atoms with van der Waals surface area (Å²) in [5.74, 6) is 0.765. The molecule has 6 nitrogen and oxygen atoms in total. The third-order valence-electron chi connectivity index (χ3n) is 4.74. The van der Waals surface area contributed by atoms with Gasteiger partial charge in [0.25, 0.3) is 5.91 Å². The monoisotopic (exact) mass is 305 g/mol. The summed E-state index contributed by atoms with van der Waals surface area (Å²) in [6, 6.07) is 0.373. The molecule has 1 saturated heterocycles. The molecular weight excluding hydrogens is 278 g/mol. The van der Waals surface area contributed by atoms with Crippen LogP contribution in [-0.2, 0) is 0 Å². The van der Waals surface area contributed by atoms with Crippen LogP contribution in [0.15, 0.2) is 0 Å². The van der Waals surface area contributed by atoms with Gasteiger partial charge in [0, 0.05) is 13.1 Å². The Balaban J connectivity index is 1.74. The highest BCUT2D eigenvalue weighted by Gasteiger charge is 2.30. The molecule has 1 saturated carbocycles. The van der Waals surface area contributed by atoms with E-state index in [1.807, 2.05) is 16.5 Å². The number of hydrogen-bond donors (Lipinski definition) is 1. The van der Waals surface area contributed by atoms with Crippen LogP contribution in [0.5, 0.6) is 0 Å². The summed E-state index contributed by atoms with van der Waals surface area (Å²) >= 11 is 0. The fraction of sp³-hybridized carbons (Fsp3) is 0.812. The highest BCUT2D eigenvalue weighted by atomic mass is 16.2. The molecule has 22 heavy (non-hydrogen) atoms. The first-order valence-corrected chi connectivity index (χ1v) is 8.62. The van der Waals surface area contributed by atoms with Gasteiger partial charge in [-0.1, -0.05) is 12.1 Å². The van der Waals surface area contributed by atoms with Crippen molar-refractivity contribution in [3.8, 4) is 0 Å². The summed E-state index contributed by atoms with van der Waals surface area (Å²) in [5, 5.41) is 11.9. The molecule has 122 valence electrons. The standard InChI is InChI=1S/C16H27N5O/c1-3-10-20(11-13-4-5-13)16(22)15-12(2)21(19-18-15)14-6-8-17-9-7-14/h13-14,17H,3-11H2,1-2H3. The number of amides is 1. The Bertz CT molecular complexity index is 517. The predicted molar refractivity (Wildman–Crippen MR) is 84.8 cm³/mol. The summed E-state index contributed by atoms with van der Waals surface area (Å²) in [4.78, 5) is 14.8. The van der Waals surface area contributed by atoms with Gasteiger partial charge in [-0.25, -0.2) is 4.68 Å². The van der Waals surface area contributed by atoms with Gasteiger partial charge in [-0.3, -0.25) is 4.79 Å². The van der Waals surface area contributed by atoms with E-state index in [9.17, 15) is 4.79 Å². The molecule has 2 aliphatic rings. The van der Waals surface area contributed by atoms with Crippen LogP contribution in [-0.4, -0.2) is 52.0 Å². The van der Waals surface area contributed by atoms with Crippen LogP contribution in [0.4, 0.5) is 0 Å². The quantitative estimate of drug-likeness (QED) is 0.870. The number of carbonyl (C=O) groups is 1. The zero-order valence-corrected chi connectivity index (χ0v) is 13.7. The van der Waals surface area contributed by atoms with Crippen LogP contribution in [0.3, 0.4) is 0 Å². The average molecular weight is 305 g/mol. The summed E-state index contributed by atoms with van der Waals surface area (Å²) in [5.41, 5.74) is 1.47. The van der Waals surface area contributed by atoms with Crippen molar-refractivity contribution in [3.05, 3.63) is 11.4 Å². The summed E-state index contributed by atoms with van der Waals surface area (Å²) in [6.45, 7) is 7.82. The van der Waals surface area contributed by atoms with Gasteiger partial charge in [-0.05, 0) is 58.0 Å². The van der Waals surface area contributed by atoms with Crippen LogP contribution >= 0.6 is 0 Å². The predicted octanol–water partition coefficient (Wildman–Crippen LogP) is 1.77. The molecule has 3 rings (SSSR count). The van der Waals surface area contributed by atoms with Crippen LogP contribution in [0.1, 0.15) is 61.3 Å². The Hall–Kier alpha value is -1.43. The van der Waals surface area contributed by atoms with Crippen molar-refractivity contribution in [1.29, 1.82) is 0 Å². The maximum atomic E-state index is 12.8. The third-order valence-corrected chi connectivity index (χ3v) is 4.74. The Morgan fingerprint density at radius 3 is 2.68 bits per heavy atom. The topological polar surface area (TPSA) is 63.1 Å². The average Bonchev–Trinajstić information content (AvgIpc) is 3.27. The molecule has 1 aromatic rings. The van der Waals surface area contributed by atoms with Gasteiger partial charge in [0.2, 0.25) is 0 Å². The minimum absolute atomic E-state index is 0.0615. The van der Waals surface area contributed by atoms with Crippen molar-refractivity contribution in [1.82, 2.24) is 25.2 Å². The fourth-order valence-corrected chi connectivity index (χ4v) is 3.24. The first kappa shape index (κ1) is 15.5. The molecule has 2 fully saturated rings. The molecule has 0 atom stereocenters. The largest absolute Gasteiger partial charge is 0.337 e. The minimum Gasteiger partial charge on any atom is -0.337 e. The van der Waals surface area contributed by atoms with E-state index in [1.54, 1.807) is 0 Å². The highest BCUT2D eigenvalue weighted by molar-refractivity contribution is 5.93. The Labute approximate surface area is 132 Å². The molecule has 1 N–H and O–H groups in total.